The maximum absolute atomic E-state index is 10.8. The second-order valence-electron chi connectivity index (χ2n) is 2.11. The predicted octanol–water partition coefficient (Wildman–Crippen LogP) is 0.690. The van der Waals surface area contributed by atoms with Gasteiger partial charge in [-0.3, -0.25) is 4.79 Å². The second kappa shape index (κ2) is 3.96. The van der Waals surface area contributed by atoms with Gasteiger partial charge in [-0.25, -0.2) is 0 Å². The maximum atomic E-state index is 10.8. The predicted molar refractivity (Wildman–Crippen MR) is 45.4 cm³/mol. The van der Waals surface area contributed by atoms with Crippen LogP contribution in [0.25, 0.3) is 0 Å². The molecular weight excluding hydrogens is 192 g/mol. The standard InChI is InChI=1S/C7H6N2O3S/c1-4-9-5(2-8)7(11-4)12-6(10)3-13/h13H,3H2,1H3. The van der Waals surface area contributed by atoms with Crippen molar-refractivity contribution in [2.75, 3.05) is 5.75 Å². The highest BCUT2D eigenvalue weighted by Gasteiger charge is 2.14. The molecule has 1 rings (SSSR count). The van der Waals surface area contributed by atoms with E-state index < -0.39 is 5.97 Å². The summed E-state index contributed by atoms with van der Waals surface area (Å²) < 4.78 is 9.51. The minimum absolute atomic E-state index is 0.0346. The number of carbonyl (C=O) groups excluding carboxylic acids is 1. The molecule has 1 heterocycles. The number of hydrogen-bond donors (Lipinski definition) is 1. The lowest BCUT2D eigenvalue weighted by Crippen LogP contribution is -2.09. The molecule has 0 N–H and O–H groups in total. The molecule has 13 heavy (non-hydrogen) atoms. The average Bonchev–Trinajstić information content (AvgIpc) is 2.46. The van der Waals surface area contributed by atoms with E-state index in [-0.39, 0.29) is 23.3 Å². The highest BCUT2D eigenvalue weighted by atomic mass is 32.1. The summed E-state index contributed by atoms with van der Waals surface area (Å²) in [6.07, 6.45) is 0. The van der Waals surface area contributed by atoms with Crippen molar-refractivity contribution in [1.29, 1.82) is 5.26 Å². The minimum atomic E-state index is -0.587. The minimum Gasteiger partial charge on any atom is -0.409 e. The third-order valence-corrected chi connectivity index (χ3v) is 1.40. The van der Waals surface area contributed by atoms with Gasteiger partial charge < -0.3 is 9.15 Å². The number of aryl methyl sites for hydroxylation is 1. The first-order valence-electron chi connectivity index (χ1n) is 3.36. The SMILES string of the molecule is Cc1nc(C#N)c(OC(=O)CS)o1. The summed E-state index contributed by atoms with van der Waals surface area (Å²) in [5.41, 5.74) is -0.0346. The van der Waals surface area contributed by atoms with Crippen LogP contribution >= 0.6 is 12.6 Å². The molecule has 0 saturated heterocycles. The molecule has 0 amide bonds. The van der Waals surface area contributed by atoms with Crippen LogP contribution in [0, 0.1) is 18.3 Å². The molecule has 6 heteroatoms. The van der Waals surface area contributed by atoms with Crippen molar-refractivity contribution in [3.05, 3.63) is 11.6 Å². The molecule has 68 valence electrons. The molecule has 0 aliphatic carbocycles. The van der Waals surface area contributed by atoms with Crippen molar-refractivity contribution in [2.45, 2.75) is 6.92 Å². The zero-order valence-corrected chi connectivity index (χ0v) is 7.67. The fourth-order valence-electron chi connectivity index (χ4n) is 0.684. The summed E-state index contributed by atoms with van der Waals surface area (Å²) in [6.45, 7) is 1.55. The number of ether oxygens (including phenoxy) is 1. The van der Waals surface area contributed by atoms with E-state index in [1.807, 2.05) is 0 Å². The van der Waals surface area contributed by atoms with Crippen LogP contribution in [0.15, 0.2) is 4.42 Å². The number of carbonyl (C=O) groups is 1. The van der Waals surface area contributed by atoms with E-state index in [1.165, 1.54) is 0 Å². The smallest absolute Gasteiger partial charge is 0.332 e. The van der Waals surface area contributed by atoms with Gasteiger partial charge in [0.15, 0.2) is 5.89 Å². The molecule has 5 nitrogen and oxygen atoms in total. The first kappa shape index (κ1) is 9.61. The Bertz CT molecular complexity index is 366. The van der Waals surface area contributed by atoms with E-state index in [0.29, 0.717) is 0 Å². The van der Waals surface area contributed by atoms with Gasteiger partial charge in [0.25, 0.3) is 0 Å². The fraction of sp³-hybridized carbons (Fsp3) is 0.286. The Morgan fingerprint density at radius 3 is 3.08 bits per heavy atom. The van der Waals surface area contributed by atoms with Crippen LogP contribution in [0.4, 0.5) is 0 Å². The molecule has 0 aliphatic rings. The molecule has 0 aliphatic heterocycles. The van der Waals surface area contributed by atoms with Gasteiger partial charge in [-0.1, -0.05) is 0 Å². The number of thiol groups is 1. The Labute approximate surface area is 79.7 Å². The van der Waals surface area contributed by atoms with Gasteiger partial charge in [0, 0.05) is 6.92 Å². The number of hydrogen-bond acceptors (Lipinski definition) is 6. The van der Waals surface area contributed by atoms with Gasteiger partial charge in [0.1, 0.15) is 6.07 Å². The first-order valence-corrected chi connectivity index (χ1v) is 3.99. The number of nitriles is 1. The van der Waals surface area contributed by atoms with Crippen molar-refractivity contribution in [1.82, 2.24) is 4.98 Å². The Morgan fingerprint density at radius 2 is 2.54 bits per heavy atom. The quantitative estimate of drug-likeness (QED) is 0.559. The van der Waals surface area contributed by atoms with Crippen molar-refractivity contribution in [3.63, 3.8) is 0 Å². The monoisotopic (exact) mass is 198 g/mol. The Balaban J connectivity index is 2.88. The summed E-state index contributed by atoms with van der Waals surface area (Å²) in [5, 5.41) is 8.53. The molecule has 0 unspecified atom stereocenters. The summed E-state index contributed by atoms with van der Waals surface area (Å²) in [5.74, 6) is -0.557. The number of rotatable bonds is 2. The van der Waals surface area contributed by atoms with Crippen LogP contribution in [0.1, 0.15) is 11.6 Å². The number of aromatic nitrogens is 1. The van der Waals surface area contributed by atoms with E-state index in [9.17, 15) is 4.79 Å². The summed E-state index contributed by atoms with van der Waals surface area (Å²) in [7, 11) is 0. The van der Waals surface area contributed by atoms with Crippen LogP contribution in [-0.4, -0.2) is 16.7 Å². The molecule has 1 aromatic heterocycles. The van der Waals surface area contributed by atoms with Crippen LogP contribution in [0.3, 0.4) is 0 Å². The number of nitrogens with zero attached hydrogens (tertiary/aromatic N) is 2. The zero-order chi connectivity index (χ0) is 9.84. The van der Waals surface area contributed by atoms with E-state index in [4.69, 9.17) is 9.68 Å². The highest BCUT2D eigenvalue weighted by molar-refractivity contribution is 7.81. The number of oxazole rings is 1. The lowest BCUT2D eigenvalue weighted by Gasteiger charge is -1.95. The van der Waals surface area contributed by atoms with Crippen LogP contribution in [0.5, 0.6) is 5.95 Å². The fourth-order valence-corrected chi connectivity index (χ4v) is 0.748. The third-order valence-electron chi connectivity index (χ3n) is 1.14. The van der Waals surface area contributed by atoms with Gasteiger partial charge >= 0.3 is 11.9 Å². The van der Waals surface area contributed by atoms with Gasteiger partial charge in [-0.15, -0.1) is 0 Å². The van der Waals surface area contributed by atoms with Crippen LogP contribution < -0.4 is 4.74 Å². The zero-order valence-electron chi connectivity index (χ0n) is 6.77. The van der Waals surface area contributed by atoms with E-state index in [0.717, 1.165) is 0 Å². The van der Waals surface area contributed by atoms with Crippen LogP contribution in [-0.2, 0) is 4.79 Å². The molecule has 0 fully saturated rings. The molecule has 0 spiro atoms. The van der Waals surface area contributed by atoms with Crippen LogP contribution in [0.2, 0.25) is 0 Å². The van der Waals surface area contributed by atoms with Crippen molar-refractivity contribution in [2.24, 2.45) is 0 Å². The highest BCUT2D eigenvalue weighted by Crippen LogP contribution is 2.18. The maximum Gasteiger partial charge on any atom is 0.332 e. The third kappa shape index (κ3) is 2.23. The van der Waals surface area contributed by atoms with E-state index in [1.54, 1.807) is 13.0 Å². The Morgan fingerprint density at radius 1 is 1.85 bits per heavy atom. The molecular formula is C7H6N2O3S. The Hall–Kier alpha value is -1.48. The van der Waals surface area contributed by atoms with Gasteiger partial charge in [-0.2, -0.15) is 22.9 Å². The van der Waals surface area contributed by atoms with Gasteiger partial charge in [0.2, 0.25) is 5.69 Å². The first-order chi connectivity index (χ1) is 6.17. The normalized spacial score (nSPS) is 9.31. The Kier molecular flexibility index (Phi) is 2.93. The lowest BCUT2D eigenvalue weighted by molar-refractivity contribution is -0.132. The molecule has 0 atom stereocenters. The number of esters is 1. The molecule has 0 saturated carbocycles. The molecule has 0 aromatic carbocycles. The van der Waals surface area contributed by atoms with Crippen molar-refractivity contribution >= 4 is 18.6 Å². The van der Waals surface area contributed by atoms with Crippen molar-refractivity contribution < 1.29 is 13.9 Å². The summed E-state index contributed by atoms with van der Waals surface area (Å²) in [4.78, 5) is 14.4. The largest absolute Gasteiger partial charge is 0.409 e. The average molecular weight is 198 g/mol. The summed E-state index contributed by atoms with van der Waals surface area (Å²) >= 11 is 3.70. The van der Waals surface area contributed by atoms with E-state index in [2.05, 4.69) is 22.3 Å². The van der Waals surface area contributed by atoms with Crippen molar-refractivity contribution in [3.8, 4) is 12.0 Å². The van der Waals surface area contributed by atoms with Gasteiger partial charge in [0.05, 0.1) is 5.75 Å². The molecule has 0 bridgehead atoms. The molecule has 0 radical (unpaired) electrons. The van der Waals surface area contributed by atoms with E-state index >= 15 is 0 Å². The lowest BCUT2D eigenvalue weighted by atomic mass is 10.5. The topological polar surface area (TPSA) is 76.1 Å². The summed E-state index contributed by atoms with van der Waals surface area (Å²) in [6, 6.07) is 1.74. The second-order valence-corrected chi connectivity index (χ2v) is 2.43. The van der Waals surface area contributed by atoms with Gasteiger partial charge in [-0.05, 0) is 0 Å². The molecule has 1 aromatic rings.